The quantitative estimate of drug-likeness (QED) is 0.0261. The minimum Gasteiger partial charge on any atom is -0.462 e. The molecule has 6 heteroatoms. The second kappa shape index (κ2) is 69.3. The molecule has 0 aromatic carbocycles. The van der Waals surface area contributed by atoms with Gasteiger partial charge in [0.25, 0.3) is 0 Å². The van der Waals surface area contributed by atoms with Gasteiger partial charge in [-0.3, -0.25) is 14.4 Å². The van der Waals surface area contributed by atoms with Crippen molar-refractivity contribution in [2.75, 3.05) is 13.2 Å². The molecule has 0 N–H and O–H groups in total. The summed E-state index contributed by atoms with van der Waals surface area (Å²) in [5.74, 6) is -0.905. The lowest BCUT2D eigenvalue weighted by Crippen LogP contribution is -2.30. The van der Waals surface area contributed by atoms with Crippen LogP contribution in [0.2, 0.25) is 0 Å². The third kappa shape index (κ3) is 67.5. The van der Waals surface area contributed by atoms with E-state index in [2.05, 4.69) is 93.7 Å². The van der Waals surface area contributed by atoms with E-state index in [1.54, 1.807) is 0 Å². The highest BCUT2D eigenvalue weighted by molar-refractivity contribution is 5.71. The highest BCUT2D eigenvalue weighted by Gasteiger charge is 2.19. The molecule has 1 unspecified atom stereocenters. The van der Waals surface area contributed by atoms with Crippen LogP contribution in [-0.4, -0.2) is 37.2 Å². The SMILES string of the molecule is CC/C=C\C/C=C\C/C=C\C/C=C\CCCCC(=O)OCC(COC(=O)CCCCCCCCCCCCCCCCCCCCC/C=C\C/C=C\CCCCCCC)OC(=O)CCCCCCCCCCCCCCCCCCC. The lowest BCUT2D eigenvalue weighted by Gasteiger charge is -2.18. The smallest absolute Gasteiger partial charge is 0.306 e. The van der Waals surface area contributed by atoms with E-state index in [0.717, 1.165) is 89.9 Å². The van der Waals surface area contributed by atoms with Crippen molar-refractivity contribution < 1.29 is 28.6 Å². The van der Waals surface area contributed by atoms with Crippen LogP contribution >= 0.6 is 0 Å². The third-order valence-electron chi connectivity index (χ3n) is 15.7. The monoisotopic (exact) mass is 1130 g/mol. The van der Waals surface area contributed by atoms with Crippen LogP contribution in [0, 0.1) is 0 Å². The van der Waals surface area contributed by atoms with Crippen molar-refractivity contribution in [3.8, 4) is 0 Å². The van der Waals surface area contributed by atoms with Gasteiger partial charge in [-0.1, -0.05) is 331 Å². The number of ether oxygens (including phenoxy) is 3. The van der Waals surface area contributed by atoms with E-state index in [4.69, 9.17) is 14.2 Å². The molecule has 0 aliphatic carbocycles. The van der Waals surface area contributed by atoms with E-state index in [0.29, 0.717) is 19.3 Å². The van der Waals surface area contributed by atoms with Crippen molar-refractivity contribution in [2.24, 2.45) is 0 Å². The van der Waals surface area contributed by atoms with Crippen molar-refractivity contribution in [3.05, 3.63) is 72.9 Å². The lowest BCUT2D eigenvalue weighted by atomic mass is 10.0. The normalized spacial score (nSPS) is 12.5. The first-order valence-corrected chi connectivity index (χ1v) is 35.4. The molecule has 0 amide bonds. The molecule has 0 saturated heterocycles. The minimum absolute atomic E-state index is 0.0838. The highest BCUT2D eigenvalue weighted by Crippen LogP contribution is 2.18. The van der Waals surface area contributed by atoms with E-state index in [1.807, 2.05) is 0 Å². The van der Waals surface area contributed by atoms with Crippen LogP contribution in [0.3, 0.4) is 0 Å². The lowest BCUT2D eigenvalue weighted by molar-refractivity contribution is -0.167. The van der Waals surface area contributed by atoms with Gasteiger partial charge in [-0.2, -0.15) is 0 Å². The largest absolute Gasteiger partial charge is 0.462 e. The standard InChI is InChI=1S/C75H134O6/c1-4-7-10-13-16-19-22-25-28-30-31-32-33-34-35-36-37-38-39-40-41-42-43-45-47-50-53-56-59-62-65-68-74(77)80-71-72(70-79-73(76)67-64-61-58-55-52-49-46-27-24-21-18-15-12-9-6-3)81-75(78)69-66-63-60-57-54-51-48-44-29-26-23-20-17-14-11-8-5-2/h9,12,18,21-22,25,27,30-31,46,52,55,72H,4-8,10-11,13-17,19-20,23-24,26,28-29,32-45,47-51,53-54,56-71H2,1-3H3/b12-9-,21-18-,25-22-,31-30-,46-27-,55-52-. The average molecular weight is 1130 g/mol. The summed E-state index contributed by atoms with van der Waals surface area (Å²) in [5.41, 5.74) is 0. The topological polar surface area (TPSA) is 78.9 Å². The highest BCUT2D eigenvalue weighted by atomic mass is 16.6. The first kappa shape index (κ1) is 77.9. The molecule has 81 heavy (non-hydrogen) atoms. The van der Waals surface area contributed by atoms with Crippen molar-refractivity contribution in [3.63, 3.8) is 0 Å². The summed E-state index contributed by atoms with van der Waals surface area (Å²) in [4.78, 5) is 38.4. The maximum absolute atomic E-state index is 12.9. The molecule has 1 atom stereocenters. The zero-order valence-corrected chi connectivity index (χ0v) is 54.1. The van der Waals surface area contributed by atoms with Crippen LogP contribution in [0.25, 0.3) is 0 Å². The molecule has 0 radical (unpaired) electrons. The van der Waals surface area contributed by atoms with E-state index >= 15 is 0 Å². The van der Waals surface area contributed by atoms with E-state index < -0.39 is 6.10 Å². The van der Waals surface area contributed by atoms with Crippen molar-refractivity contribution in [1.29, 1.82) is 0 Å². The number of carbonyl (C=O) groups excluding carboxylic acids is 3. The number of unbranched alkanes of at least 4 members (excludes halogenated alkanes) is 42. The van der Waals surface area contributed by atoms with Gasteiger partial charge >= 0.3 is 17.9 Å². The first-order chi connectivity index (χ1) is 40.0. The fourth-order valence-corrected chi connectivity index (χ4v) is 10.4. The summed E-state index contributed by atoms with van der Waals surface area (Å²) in [6, 6.07) is 0. The van der Waals surface area contributed by atoms with E-state index in [9.17, 15) is 14.4 Å². The fourth-order valence-electron chi connectivity index (χ4n) is 10.4. The Morgan fingerprint density at radius 3 is 0.778 bits per heavy atom. The van der Waals surface area contributed by atoms with Gasteiger partial charge in [0.1, 0.15) is 13.2 Å². The Bertz CT molecular complexity index is 1490. The van der Waals surface area contributed by atoms with Crippen LogP contribution in [0.1, 0.15) is 367 Å². The van der Waals surface area contributed by atoms with Crippen molar-refractivity contribution in [2.45, 2.75) is 374 Å². The van der Waals surface area contributed by atoms with Gasteiger partial charge < -0.3 is 14.2 Å². The molecule has 0 aromatic heterocycles. The summed E-state index contributed by atoms with van der Waals surface area (Å²) < 4.78 is 16.9. The van der Waals surface area contributed by atoms with Gasteiger partial charge in [0.2, 0.25) is 0 Å². The molecule has 0 spiro atoms. The molecule has 0 aromatic rings. The van der Waals surface area contributed by atoms with Crippen molar-refractivity contribution in [1.82, 2.24) is 0 Å². The van der Waals surface area contributed by atoms with Gasteiger partial charge in [0, 0.05) is 19.3 Å². The predicted octanol–water partition coefficient (Wildman–Crippen LogP) is 24.4. The third-order valence-corrected chi connectivity index (χ3v) is 15.7. The predicted molar refractivity (Wildman–Crippen MR) is 353 cm³/mol. The zero-order valence-electron chi connectivity index (χ0n) is 54.1. The zero-order chi connectivity index (χ0) is 58.5. The molecule has 0 aliphatic rings. The number of hydrogen-bond donors (Lipinski definition) is 0. The second-order valence-electron chi connectivity index (χ2n) is 23.8. The van der Waals surface area contributed by atoms with Crippen LogP contribution in [-0.2, 0) is 28.6 Å². The average Bonchev–Trinajstić information content (AvgIpc) is 3.47. The second-order valence-corrected chi connectivity index (χ2v) is 23.8. The molecule has 0 heterocycles. The molecule has 470 valence electrons. The Kier molecular flexibility index (Phi) is 66.6. The molecule has 0 saturated carbocycles. The number of hydrogen-bond acceptors (Lipinski definition) is 6. The molecule has 0 rings (SSSR count). The molecule has 0 aliphatic heterocycles. The van der Waals surface area contributed by atoms with E-state index in [-0.39, 0.29) is 31.1 Å². The minimum atomic E-state index is -0.791. The van der Waals surface area contributed by atoms with Crippen molar-refractivity contribution >= 4 is 17.9 Å². The number of carbonyl (C=O) groups is 3. The molecule has 0 fully saturated rings. The number of esters is 3. The molecular formula is C75H134O6. The number of allylic oxidation sites excluding steroid dienone is 12. The first-order valence-electron chi connectivity index (χ1n) is 35.4. The van der Waals surface area contributed by atoms with Gasteiger partial charge in [-0.15, -0.1) is 0 Å². The van der Waals surface area contributed by atoms with Crippen LogP contribution < -0.4 is 0 Å². The van der Waals surface area contributed by atoms with Gasteiger partial charge in [-0.05, 0) is 89.9 Å². The fraction of sp³-hybridized carbons (Fsp3) is 0.800. The maximum atomic E-state index is 12.9. The summed E-state index contributed by atoms with van der Waals surface area (Å²) in [6.07, 6.45) is 90.9. The van der Waals surface area contributed by atoms with Crippen LogP contribution in [0.5, 0.6) is 0 Å². The van der Waals surface area contributed by atoms with Crippen LogP contribution in [0.15, 0.2) is 72.9 Å². The van der Waals surface area contributed by atoms with Gasteiger partial charge in [0.15, 0.2) is 6.10 Å². The summed E-state index contributed by atoms with van der Waals surface area (Å²) >= 11 is 0. The Balaban J connectivity index is 4.21. The molecule has 0 bridgehead atoms. The summed E-state index contributed by atoms with van der Waals surface area (Å²) in [5, 5.41) is 0. The molecule has 6 nitrogen and oxygen atoms in total. The van der Waals surface area contributed by atoms with Gasteiger partial charge in [0.05, 0.1) is 0 Å². The Morgan fingerprint density at radius 2 is 0.481 bits per heavy atom. The Hall–Kier alpha value is -3.15. The maximum Gasteiger partial charge on any atom is 0.306 e. The summed E-state index contributed by atoms with van der Waals surface area (Å²) in [7, 11) is 0. The van der Waals surface area contributed by atoms with Crippen LogP contribution in [0.4, 0.5) is 0 Å². The molecular weight excluding hydrogens is 997 g/mol. The number of rotatable bonds is 65. The van der Waals surface area contributed by atoms with E-state index in [1.165, 1.54) is 238 Å². The Labute approximate surface area is 503 Å². The summed E-state index contributed by atoms with van der Waals surface area (Å²) in [6.45, 7) is 6.54. The Morgan fingerprint density at radius 1 is 0.259 bits per heavy atom. The van der Waals surface area contributed by atoms with Gasteiger partial charge in [-0.25, -0.2) is 0 Å².